The molecule has 0 saturated carbocycles. The van der Waals surface area contributed by atoms with E-state index in [1.54, 1.807) is 14.0 Å². The Morgan fingerprint density at radius 3 is 2.28 bits per heavy atom. The summed E-state index contributed by atoms with van der Waals surface area (Å²) in [6, 6.07) is 16.2. The van der Waals surface area contributed by atoms with Crippen molar-refractivity contribution < 1.29 is 9.15 Å². The van der Waals surface area contributed by atoms with E-state index in [1.807, 2.05) is 31.2 Å². The summed E-state index contributed by atoms with van der Waals surface area (Å²) < 4.78 is 10.9. The van der Waals surface area contributed by atoms with Crippen LogP contribution in [-0.2, 0) is 0 Å². The molecule has 0 N–H and O–H groups in total. The highest BCUT2D eigenvalue weighted by Crippen LogP contribution is 2.34. The largest absolute Gasteiger partial charge is 0.494 e. The molecule has 0 aliphatic heterocycles. The lowest BCUT2D eigenvalue weighted by Gasteiger charge is -2.11. The molecule has 0 saturated heterocycles. The molecular weight excluding hydrogens is 314 g/mol. The lowest BCUT2D eigenvalue weighted by Crippen LogP contribution is -1.92. The van der Waals surface area contributed by atoms with Crippen LogP contribution in [0.25, 0.3) is 33.5 Å². The van der Waals surface area contributed by atoms with Gasteiger partial charge in [-0.1, -0.05) is 18.2 Å². The molecule has 0 spiro atoms. The highest BCUT2D eigenvalue weighted by atomic mass is 16.5. The van der Waals surface area contributed by atoms with Gasteiger partial charge in [-0.15, -0.1) is 10.2 Å². The summed E-state index contributed by atoms with van der Waals surface area (Å²) in [4.78, 5) is 4.64. The van der Waals surface area contributed by atoms with Crippen molar-refractivity contribution in [2.24, 2.45) is 0 Å². The van der Waals surface area contributed by atoms with Crippen molar-refractivity contribution in [3.63, 3.8) is 0 Å². The van der Waals surface area contributed by atoms with E-state index < -0.39 is 0 Å². The first-order chi connectivity index (χ1) is 12.2. The molecule has 0 aliphatic rings. The Labute approximate surface area is 145 Å². The lowest BCUT2D eigenvalue weighted by atomic mass is 9.99. The van der Waals surface area contributed by atoms with Crippen molar-refractivity contribution in [2.75, 3.05) is 7.11 Å². The highest BCUT2D eigenvalue weighted by molar-refractivity contribution is 5.98. The number of aromatic nitrogens is 3. The van der Waals surface area contributed by atoms with Gasteiger partial charge in [0.25, 0.3) is 0 Å². The predicted molar refractivity (Wildman–Crippen MR) is 96.5 cm³/mol. The summed E-state index contributed by atoms with van der Waals surface area (Å²) in [5.74, 6) is 1.86. The molecule has 5 heteroatoms. The zero-order valence-electron chi connectivity index (χ0n) is 14.3. The molecule has 2 aromatic heterocycles. The van der Waals surface area contributed by atoms with Crippen molar-refractivity contribution in [2.45, 2.75) is 13.8 Å². The Morgan fingerprint density at radius 1 is 0.840 bits per heavy atom. The maximum atomic E-state index is 5.48. The molecule has 0 aliphatic carbocycles. The molecule has 0 amide bonds. The minimum atomic E-state index is 0.529. The van der Waals surface area contributed by atoms with Crippen molar-refractivity contribution in [1.82, 2.24) is 15.2 Å². The number of methoxy groups -OCH3 is 1. The van der Waals surface area contributed by atoms with E-state index in [2.05, 4.69) is 39.4 Å². The van der Waals surface area contributed by atoms with E-state index in [-0.39, 0.29) is 0 Å². The average Bonchev–Trinajstić information content (AvgIpc) is 3.07. The number of hydrogen-bond acceptors (Lipinski definition) is 5. The number of ether oxygens (including phenoxy) is 1. The van der Waals surface area contributed by atoms with Crippen LogP contribution in [0.3, 0.4) is 0 Å². The summed E-state index contributed by atoms with van der Waals surface area (Å²) in [6.07, 6.45) is 0. The standard InChI is InChI=1S/C20H17N3O2/c1-12-4-9-17-16(10-11-18(24-3)19(17)21-12)14-5-7-15(8-6-14)20-23-22-13(2)25-20/h4-11H,1-3H3. The Morgan fingerprint density at radius 2 is 1.60 bits per heavy atom. The fourth-order valence-electron chi connectivity index (χ4n) is 2.91. The van der Waals surface area contributed by atoms with Gasteiger partial charge in [-0.2, -0.15) is 0 Å². The third-order valence-electron chi connectivity index (χ3n) is 4.15. The van der Waals surface area contributed by atoms with E-state index >= 15 is 0 Å². The number of benzene rings is 2. The topological polar surface area (TPSA) is 61.0 Å². The first-order valence-corrected chi connectivity index (χ1v) is 8.01. The third-order valence-corrected chi connectivity index (χ3v) is 4.15. The zero-order chi connectivity index (χ0) is 17.4. The van der Waals surface area contributed by atoms with Gasteiger partial charge in [-0.25, -0.2) is 4.98 Å². The minimum absolute atomic E-state index is 0.529. The second-order valence-electron chi connectivity index (χ2n) is 5.87. The van der Waals surface area contributed by atoms with Crippen LogP contribution in [-0.4, -0.2) is 22.3 Å². The van der Waals surface area contributed by atoms with E-state index in [0.717, 1.165) is 39.0 Å². The third kappa shape index (κ3) is 2.74. The van der Waals surface area contributed by atoms with Crippen molar-refractivity contribution in [3.8, 4) is 28.3 Å². The van der Waals surface area contributed by atoms with E-state index in [0.29, 0.717) is 11.8 Å². The molecule has 0 bridgehead atoms. The number of nitrogens with zero attached hydrogens (tertiary/aromatic N) is 3. The van der Waals surface area contributed by atoms with Crippen LogP contribution in [0.5, 0.6) is 5.75 Å². The molecule has 2 heterocycles. The van der Waals surface area contributed by atoms with Gasteiger partial charge in [-0.3, -0.25) is 0 Å². The van der Waals surface area contributed by atoms with Gasteiger partial charge in [0.05, 0.1) is 7.11 Å². The Balaban J connectivity index is 1.82. The van der Waals surface area contributed by atoms with Gasteiger partial charge in [0.15, 0.2) is 0 Å². The van der Waals surface area contributed by atoms with Gasteiger partial charge in [0, 0.05) is 23.6 Å². The smallest absolute Gasteiger partial charge is 0.247 e. The first-order valence-electron chi connectivity index (χ1n) is 8.01. The quantitative estimate of drug-likeness (QED) is 0.550. The zero-order valence-corrected chi connectivity index (χ0v) is 14.3. The predicted octanol–water partition coefficient (Wildman–Crippen LogP) is 4.58. The average molecular weight is 331 g/mol. The number of fused-ring (bicyclic) bond motifs is 1. The second-order valence-corrected chi connectivity index (χ2v) is 5.87. The summed E-state index contributed by atoms with van der Waals surface area (Å²) in [5.41, 5.74) is 4.94. The molecule has 4 aromatic rings. The number of rotatable bonds is 3. The molecule has 0 atom stereocenters. The summed E-state index contributed by atoms with van der Waals surface area (Å²) in [7, 11) is 1.67. The molecule has 2 aromatic carbocycles. The van der Waals surface area contributed by atoms with Crippen molar-refractivity contribution >= 4 is 10.9 Å². The summed E-state index contributed by atoms with van der Waals surface area (Å²) >= 11 is 0. The Hall–Kier alpha value is -3.21. The van der Waals surface area contributed by atoms with Gasteiger partial charge >= 0.3 is 0 Å². The maximum absolute atomic E-state index is 5.48. The summed E-state index contributed by atoms with van der Waals surface area (Å²) in [6.45, 7) is 3.76. The Bertz CT molecular complexity index is 1050. The Kier molecular flexibility index (Phi) is 3.69. The molecule has 0 fully saturated rings. The molecule has 5 nitrogen and oxygen atoms in total. The molecule has 25 heavy (non-hydrogen) atoms. The fraction of sp³-hybridized carbons (Fsp3) is 0.150. The second kappa shape index (κ2) is 6.02. The highest BCUT2D eigenvalue weighted by Gasteiger charge is 2.11. The fourth-order valence-corrected chi connectivity index (χ4v) is 2.91. The molecule has 124 valence electrons. The molecular formula is C20H17N3O2. The molecule has 0 unspecified atom stereocenters. The molecule has 4 rings (SSSR count). The van der Waals surface area contributed by atoms with Crippen LogP contribution < -0.4 is 4.74 Å². The van der Waals surface area contributed by atoms with Crippen LogP contribution in [0, 0.1) is 13.8 Å². The van der Waals surface area contributed by atoms with Crippen molar-refractivity contribution in [1.29, 1.82) is 0 Å². The SMILES string of the molecule is COc1ccc(-c2ccc(-c3nnc(C)o3)cc2)c2ccc(C)nc12. The van der Waals surface area contributed by atoms with Gasteiger partial charge in [-0.05, 0) is 48.4 Å². The van der Waals surface area contributed by atoms with Gasteiger partial charge in [0.2, 0.25) is 11.8 Å². The monoisotopic (exact) mass is 331 g/mol. The van der Waals surface area contributed by atoms with Crippen LogP contribution in [0.2, 0.25) is 0 Å². The van der Waals surface area contributed by atoms with Crippen LogP contribution in [0.1, 0.15) is 11.6 Å². The van der Waals surface area contributed by atoms with Crippen LogP contribution in [0.4, 0.5) is 0 Å². The van der Waals surface area contributed by atoms with Crippen LogP contribution >= 0.6 is 0 Å². The number of hydrogen-bond donors (Lipinski definition) is 0. The van der Waals surface area contributed by atoms with Gasteiger partial charge in [0.1, 0.15) is 11.3 Å². The van der Waals surface area contributed by atoms with E-state index in [4.69, 9.17) is 9.15 Å². The number of pyridine rings is 1. The van der Waals surface area contributed by atoms with E-state index in [9.17, 15) is 0 Å². The van der Waals surface area contributed by atoms with Gasteiger partial charge < -0.3 is 9.15 Å². The maximum Gasteiger partial charge on any atom is 0.247 e. The van der Waals surface area contributed by atoms with E-state index in [1.165, 1.54) is 0 Å². The molecule has 0 radical (unpaired) electrons. The summed E-state index contributed by atoms with van der Waals surface area (Å²) in [5, 5.41) is 8.99. The number of aryl methyl sites for hydroxylation is 2. The van der Waals surface area contributed by atoms with Crippen LogP contribution in [0.15, 0.2) is 52.9 Å². The normalized spacial score (nSPS) is 11.0. The van der Waals surface area contributed by atoms with Crippen molar-refractivity contribution in [3.05, 3.63) is 60.1 Å². The first kappa shape index (κ1) is 15.3. The lowest BCUT2D eigenvalue weighted by molar-refractivity contribution is 0.419. The minimum Gasteiger partial charge on any atom is -0.494 e.